The van der Waals surface area contributed by atoms with Gasteiger partial charge in [0.15, 0.2) is 11.5 Å². The average Bonchev–Trinajstić information content (AvgIpc) is 2.60. The van der Waals surface area contributed by atoms with Crippen molar-refractivity contribution < 1.29 is 17.9 Å². The van der Waals surface area contributed by atoms with Crippen molar-refractivity contribution in [1.29, 1.82) is 0 Å². The molecule has 0 bridgehead atoms. The molecule has 0 fully saturated rings. The Bertz CT molecular complexity index is 917. The van der Waals surface area contributed by atoms with Crippen molar-refractivity contribution in [2.24, 2.45) is 5.10 Å². The monoisotopic (exact) mass is 422 g/mol. The fourth-order valence-electron chi connectivity index (χ4n) is 1.86. The molecule has 0 saturated heterocycles. The van der Waals surface area contributed by atoms with E-state index in [9.17, 15) is 8.42 Å². The van der Waals surface area contributed by atoms with Crippen LogP contribution in [0.3, 0.4) is 0 Å². The highest BCUT2D eigenvalue weighted by atomic mass is 35.5. The summed E-state index contributed by atoms with van der Waals surface area (Å²) in [6, 6.07) is 7.20. The van der Waals surface area contributed by atoms with Crippen molar-refractivity contribution in [3.8, 4) is 11.5 Å². The molecule has 25 heavy (non-hydrogen) atoms. The van der Waals surface area contributed by atoms with Crippen LogP contribution in [0.5, 0.6) is 11.5 Å². The number of halogens is 3. The fraction of sp³-hybridized carbons (Fsp3) is 0.133. The zero-order chi connectivity index (χ0) is 18.6. The topological polar surface area (TPSA) is 77.0 Å². The molecule has 0 heterocycles. The number of hydrogen-bond donors (Lipinski definition) is 1. The van der Waals surface area contributed by atoms with Gasteiger partial charge in [0.05, 0.1) is 40.4 Å². The molecular weight excluding hydrogens is 411 g/mol. The Labute approximate surface area is 160 Å². The van der Waals surface area contributed by atoms with Crippen LogP contribution in [0.4, 0.5) is 0 Å². The standard InChI is InChI=1S/C15H13Cl3N2O4S/c1-23-13-6-3-9(7-14(13)24-2)25(21,22)20-19-8-10-11(16)4-5-12(17)15(10)18/h3-8,20H,1-2H3/b19-8+. The molecule has 0 saturated carbocycles. The quantitative estimate of drug-likeness (QED) is 0.433. The molecule has 0 aliphatic carbocycles. The van der Waals surface area contributed by atoms with Crippen molar-refractivity contribution in [2.45, 2.75) is 4.90 Å². The summed E-state index contributed by atoms with van der Waals surface area (Å²) in [5.74, 6) is 0.678. The number of methoxy groups -OCH3 is 2. The number of benzene rings is 2. The summed E-state index contributed by atoms with van der Waals surface area (Å²) in [5.41, 5.74) is 0.297. The molecule has 0 unspecified atom stereocenters. The summed E-state index contributed by atoms with van der Waals surface area (Å²) in [4.78, 5) is 2.02. The lowest BCUT2D eigenvalue weighted by Gasteiger charge is -2.09. The summed E-state index contributed by atoms with van der Waals surface area (Å²) in [5, 5.41) is 4.41. The summed E-state index contributed by atoms with van der Waals surface area (Å²) in [6.07, 6.45) is 1.18. The van der Waals surface area contributed by atoms with Gasteiger partial charge >= 0.3 is 0 Å². The molecular formula is C15H13Cl3N2O4S. The highest BCUT2D eigenvalue weighted by Crippen LogP contribution is 2.31. The minimum Gasteiger partial charge on any atom is -0.493 e. The maximum atomic E-state index is 12.3. The van der Waals surface area contributed by atoms with E-state index in [0.29, 0.717) is 11.3 Å². The highest BCUT2D eigenvalue weighted by molar-refractivity contribution is 7.89. The van der Waals surface area contributed by atoms with E-state index < -0.39 is 10.0 Å². The van der Waals surface area contributed by atoms with Gasteiger partial charge in [-0.3, -0.25) is 0 Å². The van der Waals surface area contributed by atoms with Gasteiger partial charge in [-0.05, 0) is 24.3 Å². The maximum Gasteiger partial charge on any atom is 0.276 e. The van der Waals surface area contributed by atoms with Crippen LogP contribution >= 0.6 is 34.8 Å². The van der Waals surface area contributed by atoms with Gasteiger partial charge < -0.3 is 9.47 Å². The maximum absolute atomic E-state index is 12.3. The van der Waals surface area contributed by atoms with E-state index in [2.05, 4.69) is 9.93 Å². The predicted octanol–water partition coefficient (Wildman–Crippen LogP) is 3.98. The number of nitrogens with one attached hydrogen (secondary N) is 1. The van der Waals surface area contributed by atoms with Gasteiger partial charge in [0.2, 0.25) is 0 Å². The molecule has 1 N–H and O–H groups in total. The van der Waals surface area contributed by atoms with Crippen molar-refractivity contribution in [1.82, 2.24) is 4.83 Å². The van der Waals surface area contributed by atoms with Crippen LogP contribution in [0, 0.1) is 0 Å². The Morgan fingerprint density at radius 1 is 1.00 bits per heavy atom. The van der Waals surface area contributed by atoms with Crippen LogP contribution in [0.15, 0.2) is 40.3 Å². The first kappa shape index (κ1) is 19.7. The van der Waals surface area contributed by atoms with Gasteiger partial charge in [0.1, 0.15) is 0 Å². The first-order valence-corrected chi connectivity index (χ1v) is 9.32. The summed E-state index contributed by atoms with van der Waals surface area (Å²) in [7, 11) is -1.07. The van der Waals surface area contributed by atoms with Gasteiger partial charge in [-0.15, -0.1) is 0 Å². The molecule has 134 valence electrons. The van der Waals surface area contributed by atoms with Gasteiger partial charge in [0.25, 0.3) is 10.0 Å². The van der Waals surface area contributed by atoms with E-state index in [-0.39, 0.29) is 25.7 Å². The predicted molar refractivity (Wildman–Crippen MR) is 98.9 cm³/mol. The normalized spacial score (nSPS) is 11.6. The zero-order valence-corrected chi connectivity index (χ0v) is 16.2. The largest absolute Gasteiger partial charge is 0.493 e. The Hall–Kier alpha value is -1.67. The van der Waals surface area contributed by atoms with Crippen LogP contribution in [-0.2, 0) is 10.0 Å². The molecule has 0 radical (unpaired) electrons. The van der Waals surface area contributed by atoms with Gasteiger partial charge in [0, 0.05) is 11.6 Å². The third kappa shape index (κ3) is 4.49. The lowest BCUT2D eigenvalue weighted by molar-refractivity contribution is 0.354. The highest BCUT2D eigenvalue weighted by Gasteiger charge is 2.16. The van der Waals surface area contributed by atoms with Crippen molar-refractivity contribution >= 4 is 51.0 Å². The summed E-state index contributed by atoms with van der Waals surface area (Å²) < 4.78 is 34.8. The molecule has 10 heteroatoms. The number of hydrogen-bond acceptors (Lipinski definition) is 5. The van der Waals surface area contributed by atoms with Crippen molar-refractivity contribution in [3.63, 3.8) is 0 Å². The SMILES string of the molecule is COc1ccc(S(=O)(=O)N/N=C/c2c(Cl)ccc(Cl)c2Cl)cc1OC. The summed E-state index contributed by atoms with van der Waals surface area (Å²) in [6.45, 7) is 0. The Kier molecular flexibility index (Phi) is 6.40. The van der Waals surface area contributed by atoms with Crippen LogP contribution in [0.1, 0.15) is 5.56 Å². The minimum atomic E-state index is -3.93. The molecule has 0 aromatic heterocycles. The number of nitrogens with zero attached hydrogens (tertiary/aromatic N) is 1. The molecule has 2 aromatic carbocycles. The van der Waals surface area contributed by atoms with E-state index in [1.165, 1.54) is 50.8 Å². The van der Waals surface area contributed by atoms with Crippen LogP contribution < -0.4 is 14.3 Å². The first-order valence-electron chi connectivity index (χ1n) is 6.70. The van der Waals surface area contributed by atoms with E-state index in [1.54, 1.807) is 0 Å². The van der Waals surface area contributed by atoms with E-state index >= 15 is 0 Å². The minimum absolute atomic E-state index is 0.0504. The van der Waals surface area contributed by atoms with Crippen LogP contribution in [-0.4, -0.2) is 28.9 Å². The number of rotatable bonds is 6. The van der Waals surface area contributed by atoms with Crippen molar-refractivity contribution in [3.05, 3.63) is 51.0 Å². The zero-order valence-electron chi connectivity index (χ0n) is 13.1. The Morgan fingerprint density at radius 3 is 2.28 bits per heavy atom. The average molecular weight is 424 g/mol. The second-order valence-electron chi connectivity index (χ2n) is 4.63. The number of sulfonamides is 1. The third-order valence-electron chi connectivity index (χ3n) is 3.11. The molecule has 0 amide bonds. The second-order valence-corrected chi connectivity index (χ2v) is 7.48. The van der Waals surface area contributed by atoms with Gasteiger partial charge in [-0.1, -0.05) is 34.8 Å². The first-order chi connectivity index (χ1) is 11.8. The van der Waals surface area contributed by atoms with E-state index in [0.717, 1.165) is 0 Å². The van der Waals surface area contributed by atoms with E-state index in [1.807, 2.05) is 0 Å². The van der Waals surface area contributed by atoms with Crippen molar-refractivity contribution in [2.75, 3.05) is 14.2 Å². The lowest BCUT2D eigenvalue weighted by atomic mass is 10.2. The molecule has 6 nitrogen and oxygen atoms in total. The molecule has 2 rings (SSSR count). The molecule has 0 atom stereocenters. The van der Waals surface area contributed by atoms with Gasteiger partial charge in [-0.25, -0.2) is 4.83 Å². The molecule has 2 aromatic rings. The lowest BCUT2D eigenvalue weighted by Crippen LogP contribution is -2.18. The molecule has 0 aliphatic rings. The molecule has 0 spiro atoms. The Morgan fingerprint density at radius 2 is 1.64 bits per heavy atom. The van der Waals surface area contributed by atoms with Crippen LogP contribution in [0.2, 0.25) is 15.1 Å². The number of hydrazone groups is 1. The van der Waals surface area contributed by atoms with Crippen LogP contribution in [0.25, 0.3) is 0 Å². The van der Waals surface area contributed by atoms with Gasteiger partial charge in [-0.2, -0.15) is 13.5 Å². The Balaban J connectivity index is 2.27. The fourth-order valence-corrected chi connectivity index (χ4v) is 3.30. The smallest absolute Gasteiger partial charge is 0.276 e. The molecule has 0 aliphatic heterocycles. The number of ether oxygens (including phenoxy) is 2. The van der Waals surface area contributed by atoms with E-state index in [4.69, 9.17) is 44.3 Å². The third-order valence-corrected chi connectivity index (χ3v) is 5.48. The summed E-state index contributed by atoms with van der Waals surface area (Å²) >= 11 is 17.9. The second kappa shape index (κ2) is 8.14.